The average molecular weight is 451 g/mol. The smallest absolute Gasteiger partial charge is 0.326 e. The molecule has 0 fully saturated rings. The largest absolute Gasteiger partial charge is 0.510 e. The van der Waals surface area contributed by atoms with Gasteiger partial charge in [0.05, 0.1) is 18.3 Å². The summed E-state index contributed by atoms with van der Waals surface area (Å²) in [7, 11) is 0. The molecule has 1 aromatic heterocycles. The highest BCUT2D eigenvalue weighted by Gasteiger charge is 2.25. The zero-order chi connectivity index (χ0) is 24.0. The maximum Gasteiger partial charge on any atom is 0.326 e. The number of nitrogens with zero attached hydrogens (tertiary/aromatic N) is 2. The number of urea groups is 1. The summed E-state index contributed by atoms with van der Waals surface area (Å²) < 4.78 is 14.3. The SMILES string of the molecule is N=C1N=C(N)CC(O)=C1NC(=O)Nc1cnc(C(=O)N[C@@H](CCC(=O)O)C(=O)O)c(F)c1. The van der Waals surface area contributed by atoms with Crippen LogP contribution < -0.4 is 21.7 Å². The molecule has 2 heterocycles. The molecule has 14 nitrogen and oxygen atoms in total. The van der Waals surface area contributed by atoms with E-state index in [4.69, 9.17) is 21.4 Å². The van der Waals surface area contributed by atoms with Gasteiger partial charge in [-0.15, -0.1) is 0 Å². The van der Waals surface area contributed by atoms with E-state index in [0.717, 1.165) is 12.3 Å². The molecule has 9 N–H and O–H groups in total. The van der Waals surface area contributed by atoms with E-state index in [1.54, 1.807) is 0 Å². The minimum absolute atomic E-state index is 0.0216. The molecule has 3 amide bonds. The number of carboxylic acid groups (broad SMARTS) is 2. The molecule has 15 heteroatoms. The topological polar surface area (TPSA) is 240 Å². The van der Waals surface area contributed by atoms with Crippen molar-refractivity contribution in [3.8, 4) is 0 Å². The number of dihydropyridines is 1. The Labute approximate surface area is 178 Å². The molecular formula is C17H18FN7O7. The summed E-state index contributed by atoms with van der Waals surface area (Å²) >= 11 is 0. The number of aliphatic hydroxyl groups excluding tert-OH is 1. The molecule has 2 rings (SSSR count). The zero-order valence-electron chi connectivity index (χ0n) is 16.2. The van der Waals surface area contributed by atoms with E-state index in [1.165, 1.54) is 0 Å². The molecule has 0 bridgehead atoms. The number of aliphatic carboxylic acids is 2. The number of amidine groups is 2. The molecule has 0 unspecified atom stereocenters. The molecule has 1 atom stereocenters. The second-order valence-corrected chi connectivity index (χ2v) is 6.38. The van der Waals surface area contributed by atoms with Crippen molar-refractivity contribution in [2.45, 2.75) is 25.3 Å². The van der Waals surface area contributed by atoms with Crippen molar-refractivity contribution in [2.24, 2.45) is 10.7 Å². The average Bonchev–Trinajstić information content (AvgIpc) is 2.67. The molecule has 0 spiro atoms. The van der Waals surface area contributed by atoms with Gasteiger partial charge in [-0.05, 0) is 6.42 Å². The number of aliphatic imine (C=N–C) groups is 1. The third-order valence-corrected chi connectivity index (χ3v) is 3.93. The summed E-state index contributed by atoms with van der Waals surface area (Å²) in [5.74, 6) is -6.09. The molecule has 0 saturated carbocycles. The van der Waals surface area contributed by atoms with Crippen molar-refractivity contribution in [2.75, 3.05) is 5.32 Å². The lowest BCUT2D eigenvalue weighted by Gasteiger charge is -2.16. The van der Waals surface area contributed by atoms with E-state index in [9.17, 15) is 28.7 Å². The number of aromatic nitrogens is 1. The Balaban J connectivity index is 2.04. The van der Waals surface area contributed by atoms with Gasteiger partial charge in [-0.1, -0.05) is 0 Å². The van der Waals surface area contributed by atoms with Crippen LogP contribution in [0, 0.1) is 11.2 Å². The molecule has 0 saturated heterocycles. The predicted octanol–water partition coefficient (Wildman–Crippen LogP) is -0.102. The molecule has 170 valence electrons. The second kappa shape index (κ2) is 9.96. The molecule has 0 radical (unpaired) electrons. The van der Waals surface area contributed by atoms with Gasteiger partial charge in [0.15, 0.2) is 17.3 Å². The van der Waals surface area contributed by atoms with Crippen LogP contribution in [0.4, 0.5) is 14.9 Å². The van der Waals surface area contributed by atoms with Crippen molar-refractivity contribution in [1.29, 1.82) is 5.41 Å². The number of carbonyl (C=O) groups excluding carboxylic acids is 2. The summed E-state index contributed by atoms with van der Waals surface area (Å²) in [6, 6.07) is -1.83. The van der Waals surface area contributed by atoms with Crippen molar-refractivity contribution >= 4 is 41.2 Å². The van der Waals surface area contributed by atoms with Gasteiger partial charge < -0.3 is 37.0 Å². The van der Waals surface area contributed by atoms with Gasteiger partial charge in [-0.3, -0.25) is 15.0 Å². The van der Waals surface area contributed by atoms with Gasteiger partial charge >= 0.3 is 18.0 Å². The molecular weight excluding hydrogens is 433 g/mol. The number of rotatable bonds is 8. The number of carboxylic acids is 2. The van der Waals surface area contributed by atoms with Gasteiger partial charge in [-0.2, -0.15) is 0 Å². The molecule has 0 aliphatic carbocycles. The maximum atomic E-state index is 14.3. The number of carbonyl (C=O) groups is 4. The van der Waals surface area contributed by atoms with Crippen molar-refractivity contribution in [3.05, 3.63) is 35.2 Å². The van der Waals surface area contributed by atoms with Gasteiger partial charge in [-0.25, -0.2) is 24.0 Å². The van der Waals surface area contributed by atoms with E-state index in [1.807, 2.05) is 5.32 Å². The Morgan fingerprint density at radius 1 is 1.25 bits per heavy atom. The monoisotopic (exact) mass is 451 g/mol. The molecule has 0 aromatic carbocycles. The van der Waals surface area contributed by atoms with Gasteiger partial charge in [0, 0.05) is 12.5 Å². The predicted molar refractivity (Wildman–Crippen MR) is 106 cm³/mol. The van der Waals surface area contributed by atoms with Crippen LogP contribution in [0.2, 0.25) is 0 Å². The minimum Gasteiger partial charge on any atom is -0.510 e. The summed E-state index contributed by atoms with van der Waals surface area (Å²) in [4.78, 5) is 53.0. The number of hydrogen-bond donors (Lipinski definition) is 8. The number of aliphatic hydroxyl groups is 1. The van der Waals surface area contributed by atoms with E-state index in [2.05, 4.69) is 20.6 Å². The first-order chi connectivity index (χ1) is 15.0. The van der Waals surface area contributed by atoms with Crippen LogP contribution in [0.25, 0.3) is 0 Å². The normalized spacial score (nSPS) is 14.3. The standard InChI is InChI=1S/C17H18FN7O7/c18-7-3-6(22-17(32)25-13-9(26)4-10(19)24-14(13)20)5-21-12(7)15(29)23-8(16(30)31)1-2-11(27)28/h3,5,8,26H,1-2,4H2,(H,23,29)(H,27,28)(H,30,31)(H3,19,20,24)(H2,22,25,32)/t8-/m0/s1. The number of anilines is 1. The van der Waals surface area contributed by atoms with E-state index in [0.29, 0.717) is 0 Å². The van der Waals surface area contributed by atoms with E-state index >= 15 is 0 Å². The van der Waals surface area contributed by atoms with E-state index < -0.39 is 65.9 Å². The third-order valence-electron chi connectivity index (χ3n) is 3.93. The van der Waals surface area contributed by atoms with Crippen LogP contribution in [0.5, 0.6) is 0 Å². The summed E-state index contributed by atoms with van der Waals surface area (Å²) in [6.45, 7) is 0. The third kappa shape index (κ3) is 6.22. The lowest BCUT2D eigenvalue weighted by Crippen LogP contribution is -2.41. The number of nitrogens with one attached hydrogen (secondary N) is 4. The lowest BCUT2D eigenvalue weighted by atomic mass is 10.1. The zero-order valence-corrected chi connectivity index (χ0v) is 16.2. The summed E-state index contributed by atoms with van der Waals surface area (Å²) in [5.41, 5.74) is 4.12. The van der Waals surface area contributed by atoms with Gasteiger partial charge in [0.1, 0.15) is 23.3 Å². The fourth-order valence-electron chi connectivity index (χ4n) is 2.47. The Morgan fingerprint density at radius 2 is 1.94 bits per heavy atom. The van der Waals surface area contributed by atoms with Gasteiger partial charge in [0.25, 0.3) is 5.91 Å². The molecule has 1 aliphatic heterocycles. The van der Waals surface area contributed by atoms with Crippen LogP contribution in [-0.2, 0) is 9.59 Å². The fraction of sp³-hybridized carbons (Fsp3) is 0.235. The van der Waals surface area contributed by atoms with Crippen LogP contribution in [0.3, 0.4) is 0 Å². The quantitative estimate of drug-likeness (QED) is 0.263. The summed E-state index contributed by atoms with van der Waals surface area (Å²) in [5, 5.41) is 41.4. The highest BCUT2D eigenvalue weighted by Crippen LogP contribution is 2.14. The highest BCUT2D eigenvalue weighted by molar-refractivity contribution is 6.10. The maximum absolute atomic E-state index is 14.3. The Hall–Kier alpha value is -4.56. The van der Waals surface area contributed by atoms with Crippen LogP contribution >= 0.6 is 0 Å². The first kappa shape index (κ1) is 23.7. The fourth-order valence-corrected chi connectivity index (χ4v) is 2.47. The minimum atomic E-state index is -1.58. The number of pyridine rings is 1. The molecule has 1 aromatic rings. The van der Waals surface area contributed by atoms with Crippen molar-refractivity contribution in [3.63, 3.8) is 0 Å². The first-order valence-corrected chi connectivity index (χ1v) is 8.81. The lowest BCUT2D eigenvalue weighted by molar-refractivity contribution is -0.140. The number of amides is 3. The summed E-state index contributed by atoms with van der Waals surface area (Å²) in [6.07, 6.45) is -0.235. The van der Waals surface area contributed by atoms with Crippen LogP contribution in [0.1, 0.15) is 29.8 Å². The van der Waals surface area contributed by atoms with E-state index in [-0.39, 0.29) is 23.6 Å². The Kier molecular flexibility index (Phi) is 7.39. The highest BCUT2D eigenvalue weighted by atomic mass is 19.1. The van der Waals surface area contributed by atoms with Crippen molar-refractivity contribution in [1.82, 2.24) is 15.6 Å². The van der Waals surface area contributed by atoms with Gasteiger partial charge in [0.2, 0.25) is 0 Å². The first-order valence-electron chi connectivity index (χ1n) is 8.81. The van der Waals surface area contributed by atoms with Crippen LogP contribution in [0.15, 0.2) is 28.7 Å². The Bertz CT molecular complexity index is 1050. The number of hydrogen-bond acceptors (Lipinski definition) is 8. The number of halogens is 1. The molecule has 32 heavy (non-hydrogen) atoms. The van der Waals surface area contributed by atoms with Crippen molar-refractivity contribution < 1.29 is 38.9 Å². The second-order valence-electron chi connectivity index (χ2n) is 6.38. The number of nitrogens with two attached hydrogens (primary N) is 1. The molecule has 1 aliphatic rings. The Morgan fingerprint density at radius 3 is 2.50 bits per heavy atom. The van der Waals surface area contributed by atoms with Crippen LogP contribution in [-0.4, -0.2) is 61.9 Å².